The van der Waals surface area contributed by atoms with Gasteiger partial charge in [-0.25, -0.2) is 4.79 Å². The van der Waals surface area contributed by atoms with Crippen LogP contribution in [0.3, 0.4) is 0 Å². The number of amides is 1. The second-order valence-electron chi connectivity index (χ2n) is 5.59. The van der Waals surface area contributed by atoms with Gasteiger partial charge in [-0.15, -0.1) is 0 Å². The van der Waals surface area contributed by atoms with Crippen molar-refractivity contribution in [2.45, 2.75) is 20.0 Å². The van der Waals surface area contributed by atoms with Gasteiger partial charge in [-0.2, -0.15) is 0 Å². The highest BCUT2D eigenvalue weighted by Gasteiger charge is 2.17. The van der Waals surface area contributed by atoms with Crippen molar-refractivity contribution in [1.29, 1.82) is 0 Å². The first kappa shape index (κ1) is 19.6. The first-order valence-electron chi connectivity index (χ1n) is 7.91. The summed E-state index contributed by atoms with van der Waals surface area (Å²) in [5, 5.41) is 2.62. The third-order valence-corrected chi connectivity index (χ3v) is 4.01. The summed E-state index contributed by atoms with van der Waals surface area (Å²) in [5.74, 6) is -1.19. The Kier molecular flexibility index (Phi) is 6.86. The minimum atomic E-state index is -0.974. The lowest BCUT2D eigenvalue weighted by Gasteiger charge is -2.12. The number of hydrogen-bond donors (Lipinski definition) is 1. The van der Waals surface area contributed by atoms with Crippen LogP contribution in [0.5, 0.6) is 0 Å². The van der Waals surface area contributed by atoms with E-state index in [0.717, 1.165) is 10.0 Å². The highest BCUT2D eigenvalue weighted by Crippen LogP contribution is 2.13. The summed E-state index contributed by atoms with van der Waals surface area (Å²) in [7, 11) is 0. The molecular formula is C20H18BrNO4. The normalized spacial score (nSPS) is 11.8. The number of carbonyl (C=O) groups is 3. The van der Waals surface area contributed by atoms with Crippen LogP contribution in [0.2, 0.25) is 0 Å². The van der Waals surface area contributed by atoms with E-state index < -0.39 is 18.0 Å². The molecule has 0 heterocycles. The first-order valence-corrected chi connectivity index (χ1v) is 8.70. The third-order valence-electron chi connectivity index (χ3n) is 3.48. The number of esters is 1. The second-order valence-corrected chi connectivity index (χ2v) is 6.51. The van der Waals surface area contributed by atoms with Crippen LogP contribution in [-0.4, -0.2) is 23.8 Å². The predicted molar refractivity (Wildman–Crippen MR) is 104 cm³/mol. The van der Waals surface area contributed by atoms with Crippen molar-refractivity contribution < 1.29 is 19.1 Å². The lowest BCUT2D eigenvalue weighted by atomic mass is 10.1. The average Bonchev–Trinajstić information content (AvgIpc) is 2.61. The minimum Gasteiger partial charge on any atom is -0.449 e. The molecule has 26 heavy (non-hydrogen) atoms. The standard InChI is InChI=1S/C20H18BrNO4/c1-13(23)16-4-3-5-18(12-16)22-20(25)14(2)26-19(24)11-8-15-6-9-17(21)10-7-15/h3-12,14H,1-2H3,(H,22,25)/b11-8+/t14-/m1/s1. The number of Topliss-reactive ketones (excluding diaryl/α,β-unsaturated/α-hetero) is 1. The fraction of sp³-hybridized carbons (Fsp3) is 0.150. The molecule has 0 aromatic heterocycles. The van der Waals surface area contributed by atoms with Crippen LogP contribution in [0.15, 0.2) is 59.1 Å². The maximum Gasteiger partial charge on any atom is 0.331 e. The number of carbonyl (C=O) groups excluding carboxylic acids is 3. The molecule has 2 aromatic carbocycles. The number of hydrogen-bond acceptors (Lipinski definition) is 4. The summed E-state index contributed by atoms with van der Waals surface area (Å²) >= 11 is 3.33. The Morgan fingerprint density at radius 1 is 1.12 bits per heavy atom. The highest BCUT2D eigenvalue weighted by molar-refractivity contribution is 9.10. The van der Waals surface area contributed by atoms with Gasteiger partial charge >= 0.3 is 5.97 Å². The Bertz CT molecular complexity index is 843. The van der Waals surface area contributed by atoms with Gasteiger partial charge in [-0.05, 0) is 49.8 Å². The fourth-order valence-corrected chi connectivity index (χ4v) is 2.33. The van der Waals surface area contributed by atoms with E-state index in [4.69, 9.17) is 4.74 Å². The highest BCUT2D eigenvalue weighted by atomic mass is 79.9. The summed E-state index contributed by atoms with van der Waals surface area (Å²) in [6.07, 6.45) is 1.90. The van der Waals surface area contributed by atoms with Gasteiger partial charge in [0.05, 0.1) is 0 Å². The quantitative estimate of drug-likeness (QED) is 0.435. The molecule has 0 saturated heterocycles. The Balaban J connectivity index is 1.91. The largest absolute Gasteiger partial charge is 0.449 e. The molecule has 0 spiro atoms. The number of ketones is 1. The lowest BCUT2D eigenvalue weighted by Crippen LogP contribution is -2.29. The molecule has 1 atom stereocenters. The molecule has 0 aliphatic rings. The molecule has 2 aromatic rings. The molecule has 0 bridgehead atoms. The predicted octanol–water partition coefficient (Wildman–Crippen LogP) is 4.24. The number of nitrogens with one attached hydrogen (secondary N) is 1. The van der Waals surface area contributed by atoms with Crippen LogP contribution >= 0.6 is 15.9 Å². The van der Waals surface area contributed by atoms with E-state index in [-0.39, 0.29) is 5.78 Å². The summed E-state index contributed by atoms with van der Waals surface area (Å²) in [5.41, 5.74) is 1.80. The molecule has 0 aliphatic heterocycles. The number of ether oxygens (including phenoxy) is 1. The molecule has 6 heteroatoms. The zero-order valence-corrected chi connectivity index (χ0v) is 15.9. The Labute approximate surface area is 160 Å². The van der Waals surface area contributed by atoms with Gasteiger partial charge in [0.15, 0.2) is 11.9 Å². The molecule has 0 unspecified atom stereocenters. The van der Waals surface area contributed by atoms with Crippen molar-refractivity contribution in [3.05, 3.63) is 70.2 Å². The molecule has 0 saturated carbocycles. The maximum absolute atomic E-state index is 12.1. The molecule has 1 N–H and O–H groups in total. The van der Waals surface area contributed by atoms with E-state index in [0.29, 0.717) is 11.3 Å². The van der Waals surface area contributed by atoms with Crippen LogP contribution in [0.1, 0.15) is 29.8 Å². The van der Waals surface area contributed by atoms with Gasteiger partial charge in [0.2, 0.25) is 0 Å². The topological polar surface area (TPSA) is 72.5 Å². The summed E-state index contributed by atoms with van der Waals surface area (Å²) in [4.78, 5) is 35.4. The van der Waals surface area contributed by atoms with Gasteiger partial charge in [-0.3, -0.25) is 9.59 Å². The Morgan fingerprint density at radius 3 is 2.46 bits per heavy atom. The van der Waals surface area contributed by atoms with E-state index in [1.807, 2.05) is 24.3 Å². The number of rotatable bonds is 6. The van der Waals surface area contributed by atoms with E-state index in [1.165, 1.54) is 19.9 Å². The van der Waals surface area contributed by atoms with Gasteiger partial charge in [0.1, 0.15) is 0 Å². The van der Waals surface area contributed by atoms with E-state index in [2.05, 4.69) is 21.2 Å². The van der Waals surface area contributed by atoms with Crippen LogP contribution in [0.4, 0.5) is 5.69 Å². The fourth-order valence-electron chi connectivity index (χ4n) is 2.07. The zero-order valence-electron chi connectivity index (χ0n) is 14.4. The van der Waals surface area contributed by atoms with Gasteiger partial charge in [-0.1, -0.05) is 40.2 Å². The molecule has 0 aliphatic carbocycles. The minimum absolute atomic E-state index is 0.0985. The van der Waals surface area contributed by atoms with E-state index in [9.17, 15) is 14.4 Å². The SMILES string of the molecule is CC(=O)c1cccc(NC(=O)[C@@H](C)OC(=O)/C=C/c2ccc(Br)cc2)c1. The van der Waals surface area contributed by atoms with Gasteiger partial charge in [0, 0.05) is 21.8 Å². The number of halogens is 1. The number of benzene rings is 2. The van der Waals surface area contributed by atoms with E-state index in [1.54, 1.807) is 30.3 Å². The molecule has 5 nitrogen and oxygen atoms in total. The summed E-state index contributed by atoms with van der Waals surface area (Å²) < 4.78 is 6.03. The molecule has 1 amide bonds. The van der Waals surface area contributed by atoms with E-state index >= 15 is 0 Å². The molecular weight excluding hydrogens is 398 g/mol. The van der Waals surface area contributed by atoms with Gasteiger partial charge < -0.3 is 10.1 Å². The zero-order chi connectivity index (χ0) is 19.1. The van der Waals surface area contributed by atoms with Crippen LogP contribution < -0.4 is 5.32 Å². The lowest BCUT2D eigenvalue weighted by molar-refractivity contribution is -0.148. The van der Waals surface area contributed by atoms with Crippen molar-refractivity contribution in [2.24, 2.45) is 0 Å². The van der Waals surface area contributed by atoms with Crippen molar-refractivity contribution in [1.82, 2.24) is 0 Å². The van der Waals surface area contributed by atoms with Gasteiger partial charge in [0.25, 0.3) is 5.91 Å². The van der Waals surface area contributed by atoms with Crippen molar-refractivity contribution in [3.63, 3.8) is 0 Å². The monoisotopic (exact) mass is 415 g/mol. The Morgan fingerprint density at radius 2 is 1.81 bits per heavy atom. The summed E-state index contributed by atoms with van der Waals surface area (Å²) in [6.45, 7) is 2.93. The molecule has 134 valence electrons. The molecule has 0 radical (unpaired) electrons. The molecule has 2 rings (SSSR count). The maximum atomic E-state index is 12.1. The Hall–Kier alpha value is -2.73. The smallest absolute Gasteiger partial charge is 0.331 e. The van der Waals surface area contributed by atoms with Crippen molar-refractivity contribution in [2.75, 3.05) is 5.32 Å². The second kappa shape index (κ2) is 9.10. The van der Waals surface area contributed by atoms with Crippen LogP contribution in [-0.2, 0) is 14.3 Å². The van der Waals surface area contributed by atoms with Crippen LogP contribution in [0.25, 0.3) is 6.08 Å². The average molecular weight is 416 g/mol. The first-order chi connectivity index (χ1) is 12.3. The van der Waals surface area contributed by atoms with Crippen LogP contribution in [0, 0.1) is 0 Å². The number of anilines is 1. The third kappa shape index (κ3) is 5.97. The van der Waals surface area contributed by atoms with Crippen molar-refractivity contribution in [3.8, 4) is 0 Å². The molecule has 0 fully saturated rings. The summed E-state index contributed by atoms with van der Waals surface area (Å²) in [6, 6.07) is 14.0. The van der Waals surface area contributed by atoms with Crippen molar-refractivity contribution >= 4 is 45.4 Å².